The summed E-state index contributed by atoms with van der Waals surface area (Å²) in [7, 11) is 1.75. The van der Waals surface area contributed by atoms with Crippen molar-refractivity contribution >= 4 is 23.5 Å². The van der Waals surface area contributed by atoms with E-state index in [9.17, 15) is 19.5 Å². The van der Waals surface area contributed by atoms with Crippen LogP contribution in [0.25, 0.3) is 0 Å². The van der Waals surface area contributed by atoms with E-state index in [2.05, 4.69) is 0 Å². The highest BCUT2D eigenvalue weighted by Gasteiger charge is 2.47. The second-order valence-corrected chi connectivity index (χ2v) is 7.71. The number of carbonyl (C=O) groups excluding carboxylic acids is 2. The van der Waals surface area contributed by atoms with E-state index < -0.39 is 12.0 Å². The molecule has 2 amide bonds. The van der Waals surface area contributed by atoms with Crippen LogP contribution in [0, 0.1) is 5.92 Å². The number of fused-ring (bicyclic) bond motifs is 2. The predicted molar refractivity (Wildman–Crippen MR) is 96.1 cm³/mol. The topological polar surface area (TPSA) is 77.9 Å². The summed E-state index contributed by atoms with van der Waals surface area (Å²) in [5.41, 5.74) is 2.35. The first-order chi connectivity index (χ1) is 12.5. The van der Waals surface area contributed by atoms with Crippen LogP contribution in [-0.4, -0.2) is 46.9 Å². The van der Waals surface area contributed by atoms with Crippen molar-refractivity contribution in [1.82, 2.24) is 4.90 Å². The van der Waals surface area contributed by atoms with Gasteiger partial charge in [-0.05, 0) is 55.4 Å². The smallest absolute Gasteiger partial charge is 0.326 e. The Morgan fingerprint density at radius 2 is 1.92 bits per heavy atom. The largest absolute Gasteiger partial charge is 0.480 e. The number of carbonyl (C=O) groups is 3. The van der Waals surface area contributed by atoms with Gasteiger partial charge < -0.3 is 14.9 Å². The number of aryl methyl sites for hydroxylation is 1. The van der Waals surface area contributed by atoms with Crippen molar-refractivity contribution in [3.63, 3.8) is 0 Å². The number of amides is 2. The molecule has 2 fully saturated rings. The van der Waals surface area contributed by atoms with Crippen LogP contribution >= 0.6 is 0 Å². The van der Waals surface area contributed by atoms with Crippen molar-refractivity contribution in [1.29, 1.82) is 0 Å². The van der Waals surface area contributed by atoms with Gasteiger partial charge in [0.25, 0.3) is 5.91 Å². The SMILES string of the molecule is CN1C(=O)CCc2cc(C(=O)N3C(C(=O)O)CC4CCCCC43)ccc21. The molecule has 1 aromatic rings. The molecule has 6 heteroatoms. The molecule has 3 unspecified atom stereocenters. The van der Waals surface area contributed by atoms with Gasteiger partial charge in [-0.2, -0.15) is 0 Å². The lowest BCUT2D eigenvalue weighted by molar-refractivity contribution is -0.141. The van der Waals surface area contributed by atoms with Crippen molar-refractivity contribution in [2.24, 2.45) is 5.92 Å². The number of likely N-dealkylation sites (tertiary alicyclic amines) is 1. The fourth-order valence-electron chi connectivity index (χ4n) is 4.91. The summed E-state index contributed by atoms with van der Waals surface area (Å²) in [5, 5.41) is 9.64. The lowest BCUT2D eigenvalue weighted by atomic mass is 9.84. The second-order valence-electron chi connectivity index (χ2n) is 7.71. The zero-order chi connectivity index (χ0) is 18.4. The van der Waals surface area contributed by atoms with Gasteiger partial charge in [0.2, 0.25) is 5.91 Å². The van der Waals surface area contributed by atoms with Crippen LogP contribution in [0.2, 0.25) is 0 Å². The number of anilines is 1. The summed E-state index contributed by atoms with van der Waals surface area (Å²) >= 11 is 0. The maximum absolute atomic E-state index is 13.2. The number of nitrogens with zero attached hydrogens (tertiary/aromatic N) is 2. The molecule has 0 aromatic heterocycles. The number of carboxylic acid groups (broad SMARTS) is 1. The van der Waals surface area contributed by atoms with Crippen molar-refractivity contribution in [3.8, 4) is 0 Å². The molecular weight excluding hydrogens is 332 g/mol. The van der Waals surface area contributed by atoms with Gasteiger partial charge in [0, 0.05) is 30.8 Å². The Labute approximate surface area is 152 Å². The summed E-state index contributed by atoms with van der Waals surface area (Å²) < 4.78 is 0. The summed E-state index contributed by atoms with van der Waals surface area (Å²) in [6.07, 6.45) is 5.69. The van der Waals surface area contributed by atoms with Crippen molar-refractivity contribution in [2.75, 3.05) is 11.9 Å². The molecule has 6 nitrogen and oxygen atoms in total. The van der Waals surface area contributed by atoms with Gasteiger partial charge in [0.15, 0.2) is 0 Å². The van der Waals surface area contributed by atoms with Crippen LogP contribution in [0.1, 0.15) is 54.4 Å². The average molecular weight is 356 g/mol. The van der Waals surface area contributed by atoms with Crippen LogP contribution < -0.4 is 4.90 Å². The Morgan fingerprint density at radius 1 is 1.15 bits per heavy atom. The van der Waals surface area contributed by atoms with Crippen LogP contribution in [0.4, 0.5) is 5.69 Å². The number of hydrogen-bond acceptors (Lipinski definition) is 3. The van der Waals surface area contributed by atoms with Gasteiger partial charge >= 0.3 is 5.97 Å². The van der Waals surface area contributed by atoms with Gasteiger partial charge in [-0.1, -0.05) is 12.8 Å². The van der Waals surface area contributed by atoms with Crippen LogP contribution in [0.5, 0.6) is 0 Å². The molecule has 0 bridgehead atoms. The molecule has 0 radical (unpaired) electrons. The van der Waals surface area contributed by atoms with E-state index in [-0.39, 0.29) is 17.9 Å². The second kappa shape index (κ2) is 6.41. The Balaban J connectivity index is 1.66. The van der Waals surface area contributed by atoms with Gasteiger partial charge in [-0.15, -0.1) is 0 Å². The molecule has 1 saturated heterocycles. The quantitative estimate of drug-likeness (QED) is 0.883. The number of hydrogen-bond donors (Lipinski definition) is 1. The number of aliphatic carboxylic acids is 1. The Kier molecular flexibility index (Phi) is 4.21. The minimum absolute atomic E-state index is 0.0395. The van der Waals surface area contributed by atoms with Crippen LogP contribution in [0.15, 0.2) is 18.2 Å². The molecule has 2 aliphatic heterocycles. The highest BCUT2D eigenvalue weighted by Crippen LogP contribution is 2.41. The minimum Gasteiger partial charge on any atom is -0.480 e. The molecular formula is C20H24N2O4. The van der Waals surface area contributed by atoms with Crippen molar-refractivity contribution in [2.45, 2.75) is 57.0 Å². The number of carboxylic acids is 1. The number of rotatable bonds is 2. The summed E-state index contributed by atoms with van der Waals surface area (Å²) in [5.74, 6) is -0.715. The first-order valence-corrected chi connectivity index (χ1v) is 9.42. The van der Waals surface area contributed by atoms with E-state index >= 15 is 0 Å². The molecule has 1 N–H and O–H groups in total. The lowest BCUT2D eigenvalue weighted by Crippen LogP contribution is -2.46. The van der Waals surface area contributed by atoms with E-state index in [1.165, 1.54) is 0 Å². The molecule has 3 atom stereocenters. The van der Waals surface area contributed by atoms with Crippen molar-refractivity contribution < 1.29 is 19.5 Å². The number of benzene rings is 1. The highest BCUT2D eigenvalue weighted by atomic mass is 16.4. The zero-order valence-electron chi connectivity index (χ0n) is 15.0. The lowest BCUT2D eigenvalue weighted by Gasteiger charge is -2.33. The van der Waals surface area contributed by atoms with E-state index in [1.807, 2.05) is 12.1 Å². The first-order valence-electron chi connectivity index (χ1n) is 9.42. The van der Waals surface area contributed by atoms with E-state index in [0.29, 0.717) is 30.7 Å². The fourth-order valence-corrected chi connectivity index (χ4v) is 4.91. The van der Waals surface area contributed by atoms with Gasteiger partial charge in [-0.3, -0.25) is 9.59 Å². The maximum atomic E-state index is 13.2. The third-order valence-electron chi connectivity index (χ3n) is 6.28. The van der Waals surface area contributed by atoms with Gasteiger partial charge in [0.1, 0.15) is 6.04 Å². The van der Waals surface area contributed by atoms with Crippen molar-refractivity contribution in [3.05, 3.63) is 29.3 Å². The van der Waals surface area contributed by atoms with Gasteiger partial charge in [-0.25, -0.2) is 4.79 Å². The van der Waals surface area contributed by atoms with Crippen LogP contribution in [0.3, 0.4) is 0 Å². The standard InChI is InChI=1S/C20H24N2O4/c1-21-15-8-6-14(10-13(15)7-9-18(21)23)19(24)22-16-5-3-2-4-12(16)11-17(22)20(25)26/h6,8,10,12,16-17H,2-5,7,9,11H2,1H3,(H,25,26). The Morgan fingerprint density at radius 3 is 2.69 bits per heavy atom. The third kappa shape index (κ3) is 2.68. The molecule has 138 valence electrons. The zero-order valence-corrected chi connectivity index (χ0v) is 15.0. The minimum atomic E-state index is -0.906. The molecule has 3 aliphatic rings. The first kappa shape index (κ1) is 17.1. The van der Waals surface area contributed by atoms with E-state index in [4.69, 9.17) is 0 Å². The highest BCUT2D eigenvalue weighted by molar-refractivity contribution is 6.00. The molecule has 1 saturated carbocycles. The van der Waals surface area contributed by atoms with Crippen LogP contribution in [-0.2, 0) is 16.0 Å². The molecule has 1 aromatic carbocycles. The Bertz CT molecular complexity index is 775. The van der Waals surface area contributed by atoms with E-state index in [1.54, 1.807) is 22.9 Å². The third-order valence-corrected chi connectivity index (χ3v) is 6.28. The summed E-state index contributed by atoms with van der Waals surface area (Å²) in [6, 6.07) is 4.69. The molecule has 0 spiro atoms. The normalized spacial score (nSPS) is 27.9. The van der Waals surface area contributed by atoms with E-state index in [0.717, 1.165) is 36.9 Å². The predicted octanol–water partition coefficient (Wildman–Crippen LogP) is 2.45. The fraction of sp³-hybridized carbons (Fsp3) is 0.550. The molecule has 1 aliphatic carbocycles. The maximum Gasteiger partial charge on any atom is 0.326 e. The Hall–Kier alpha value is -2.37. The monoisotopic (exact) mass is 356 g/mol. The summed E-state index contributed by atoms with van der Waals surface area (Å²) in [4.78, 5) is 40.1. The molecule has 2 heterocycles. The molecule has 26 heavy (non-hydrogen) atoms. The molecule has 4 rings (SSSR count). The average Bonchev–Trinajstić information content (AvgIpc) is 3.04. The summed E-state index contributed by atoms with van der Waals surface area (Å²) in [6.45, 7) is 0. The van der Waals surface area contributed by atoms with Gasteiger partial charge in [0.05, 0.1) is 0 Å².